The average Bonchev–Trinajstić information content (AvgIpc) is 2.26. The maximum absolute atomic E-state index is 9.68. The molecule has 0 unspecified atom stereocenters. The van der Waals surface area contributed by atoms with Gasteiger partial charge in [-0.25, -0.2) is 5.26 Å². The molecule has 4 nitrogen and oxygen atoms in total. The van der Waals surface area contributed by atoms with Gasteiger partial charge in [-0.2, -0.15) is 0 Å². The maximum Gasteiger partial charge on any atom is 0.124 e. The Labute approximate surface area is 90.1 Å². The summed E-state index contributed by atoms with van der Waals surface area (Å²) in [5, 5.41) is 22.8. The Morgan fingerprint density at radius 2 is 1.80 bits per heavy atom. The fourth-order valence-electron chi connectivity index (χ4n) is 1.41. The predicted molar refractivity (Wildman–Crippen MR) is 56.3 cm³/mol. The molecule has 2 aromatic rings. The lowest BCUT2D eigenvalue weighted by Gasteiger charge is -2.05. The predicted octanol–water partition coefficient (Wildman–Crippen LogP) is 2.97. The van der Waals surface area contributed by atoms with Crippen LogP contribution >= 0.6 is 12.0 Å². The van der Waals surface area contributed by atoms with Gasteiger partial charge in [-0.05, 0) is 17.5 Å². The van der Waals surface area contributed by atoms with Crippen molar-refractivity contribution in [3.8, 4) is 5.75 Å². The monoisotopic (exact) mass is 224 g/mol. The zero-order chi connectivity index (χ0) is 10.7. The number of hydrogen-bond acceptors (Lipinski definition) is 5. The van der Waals surface area contributed by atoms with E-state index in [0.717, 1.165) is 17.4 Å². The molecule has 0 saturated carbocycles. The Hall–Kier alpha value is -1.27. The summed E-state index contributed by atoms with van der Waals surface area (Å²) in [6.45, 7) is 0. The summed E-state index contributed by atoms with van der Waals surface area (Å²) in [5.74, 6) is 0.164. The highest BCUT2D eigenvalue weighted by Crippen LogP contribution is 2.34. The van der Waals surface area contributed by atoms with Crippen LogP contribution in [0.3, 0.4) is 0 Å². The van der Waals surface area contributed by atoms with Gasteiger partial charge >= 0.3 is 0 Å². The molecule has 0 spiro atoms. The molecule has 2 N–H and O–H groups in total. The van der Waals surface area contributed by atoms with E-state index in [2.05, 4.69) is 9.37 Å². The van der Waals surface area contributed by atoms with Crippen LogP contribution in [0.25, 0.3) is 10.8 Å². The number of phenols is 1. The molecule has 0 heterocycles. The molecule has 0 atom stereocenters. The van der Waals surface area contributed by atoms with E-state index in [0.29, 0.717) is 10.3 Å². The van der Waals surface area contributed by atoms with E-state index in [4.69, 9.17) is 5.26 Å². The van der Waals surface area contributed by atoms with Crippen molar-refractivity contribution in [2.45, 2.75) is 4.90 Å². The molecular weight excluding hydrogens is 216 g/mol. The Kier molecular flexibility index (Phi) is 3.08. The van der Waals surface area contributed by atoms with Crippen LogP contribution < -0.4 is 0 Å². The SMILES string of the molecule is OOOSc1cccc2cccc(O)c12. The smallest absolute Gasteiger partial charge is 0.124 e. The van der Waals surface area contributed by atoms with E-state index in [9.17, 15) is 5.11 Å². The third-order valence-electron chi connectivity index (χ3n) is 2.00. The summed E-state index contributed by atoms with van der Waals surface area (Å²) in [5.41, 5.74) is 0. The molecule has 0 radical (unpaired) electrons. The minimum Gasteiger partial charge on any atom is -0.507 e. The van der Waals surface area contributed by atoms with E-state index < -0.39 is 0 Å². The number of aromatic hydroxyl groups is 1. The molecule has 0 aromatic heterocycles. The molecule has 15 heavy (non-hydrogen) atoms. The highest BCUT2D eigenvalue weighted by Gasteiger charge is 2.06. The van der Waals surface area contributed by atoms with Crippen molar-refractivity contribution >= 4 is 22.8 Å². The fraction of sp³-hybridized carbons (Fsp3) is 0. The lowest BCUT2D eigenvalue weighted by molar-refractivity contribution is -0.432. The van der Waals surface area contributed by atoms with E-state index in [1.807, 2.05) is 18.2 Å². The highest BCUT2D eigenvalue weighted by atomic mass is 32.2. The van der Waals surface area contributed by atoms with Gasteiger partial charge < -0.3 is 5.11 Å². The summed E-state index contributed by atoms with van der Waals surface area (Å²) in [6, 6.07) is 10.7. The first-order valence-corrected chi connectivity index (χ1v) is 4.92. The number of hydrogen-bond donors (Lipinski definition) is 2. The molecule has 0 fully saturated rings. The normalized spacial score (nSPS) is 10.7. The van der Waals surface area contributed by atoms with Crippen molar-refractivity contribution in [3.63, 3.8) is 0 Å². The van der Waals surface area contributed by atoms with E-state index >= 15 is 0 Å². The molecule has 78 valence electrons. The Bertz CT molecular complexity index is 467. The quantitative estimate of drug-likeness (QED) is 0.477. The van der Waals surface area contributed by atoms with Crippen LogP contribution in [0.5, 0.6) is 5.75 Å². The van der Waals surface area contributed by atoms with Gasteiger partial charge in [-0.3, -0.25) is 0 Å². The maximum atomic E-state index is 9.68. The number of phenolic OH excluding ortho intramolecular Hbond substituents is 1. The fourth-order valence-corrected chi connectivity index (χ4v) is 1.95. The van der Waals surface area contributed by atoms with Crippen molar-refractivity contribution in [2.24, 2.45) is 0 Å². The minimum absolute atomic E-state index is 0.164. The van der Waals surface area contributed by atoms with Gasteiger partial charge in [-0.1, -0.05) is 29.3 Å². The van der Waals surface area contributed by atoms with Crippen LogP contribution in [-0.4, -0.2) is 10.4 Å². The van der Waals surface area contributed by atoms with Crippen LogP contribution in [-0.2, 0) is 9.37 Å². The van der Waals surface area contributed by atoms with Crippen molar-refractivity contribution in [3.05, 3.63) is 36.4 Å². The summed E-state index contributed by atoms with van der Waals surface area (Å²) in [4.78, 5) is 0.666. The average molecular weight is 224 g/mol. The van der Waals surface area contributed by atoms with Gasteiger partial charge in [0.2, 0.25) is 0 Å². The number of benzene rings is 2. The number of fused-ring (bicyclic) bond motifs is 1. The van der Waals surface area contributed by atoms with E-state index in [1.54, 1.807) is 18.2 Å². The molecule has 0 aliphatic heterocycles. The Balaban J connectivity index is 2.53. The second-order valence-electron chi connectivity index (χ2n) is 2.86. The van der Waals surface area contributed by atoms with Gasteiger partial charge in [0.05, 0.1) is 16.9 Å². The lowest BCUT2D eigenvalue weighted by atomic mass is 10.1. The van der Waals surface area contributed by atoms with Crippen molar-refractivity contribution in [1.82, 2.24) is 0 Å². The molecule has 5 heteroatoms. The third kappa shape index (κ3) is 2.05. The molecule has 0 bridgehead atoms. The van der Waals surface area contributed by atoms with Crippen LogP contribution in [0.1, 0.15) is 0 Å². The van der Waals surface area contributed by atoms with Gasteiger partial charge in [0.15, 0.2) is 0 Å². The zero-order valence-corrected chi connectivity index (χ0v) is 8.40. The van der Waals surface area contributed by atoms with Gasteiger partial charge in [-0.15, -0.1) is 4.33 Å². The first-order chi connectivity index (χ1) is 7.33. The Morgan fingerprint density at radius 3 is 2.53 bits per heavy atom. The van der Waals surface area contributed by atoms with E-state index in [1.165, 1.54) is 0 Å². The van der Waals surface area contributed by atoms with E-state index in [-0.39, 0.29) is 5.75 Å². The minimum atomic E-state index is 0.164. The zero-order valence-electron chi connectivity index (χ0n) is 7.58. The van der Waals surface area contributed by atoms with Crippen LogP contribution in [0.2, 0.25) is 0 Å². The molecule has 2 aromatic carbocycles. The van der Waals surface area contributed by atoms with Crippen molar-refractivity contribution < 1.29 is 19.7 Å². The third-order valence-corrected chi connectivity index (χ3v) is 2.65. The largest absolute Gasteiger partial charge is 0.507 e. The molecule has 0 amide bonds. The summed E-state index contributed by atoms with van der Waals surface area (Å²) in [6.07, 6.45) is 0. The first kappa shape index (κ1) is 10.3. The van der Waals surface area contributed by atoms with Crippen LogP contribution in [0, 0.1) is 0 Å². The summed E-state index contributed by atoms with van der Waals surface area (Å²) >= 11 is 0.832. The second kappa shape index (κ2) is 4.50. The molecular formula is C10H8O4S. The first-order valence-electron chi connectivity index (χ1n) is 4.18. The molecule has 0 saturated heterocycles. The number of rotatable bonds is 3. The van der Waals surface area contributed by atoms with Gasteiger partial charge in [0.1, 0.15) is 5.75 Å². The molecule has 0 aliphatic carbocycles. The van der Waals surface area contributed by atoms with Gasteiger partial charge in [0, 0.05) is 5.39 Å². The summed E-state index contributed by atoms with van der Waals surface area (Å²) < 4.78 is 4.34. The van der Waals surface area contributed by atoms with Crippen LogP contribution in [0.4, 0.5) is 0 Å². The highest BCUT2D eigenvalue weighted by molar-refractivity contribution is 7.94. The molecule has 0 aliphatic rings. The molecule has 2 rings (SSSR count). The van der Waals surface area contributed by atoms with Crippen molar-refractivity contribution in [2.75, 3.05) is 0 Å². The standard InChI is InChI=1S/C10H8O4S/c11-8-5-1-3-7-4-2-6-9(10(7)8)15-14-13-12/h1-6,11-12H. The second-order valence-corrected chi connectivity index (χ2v) is 3.60. The van der Waals surface area contributed by atoms with Crippen molar-refractivity contribution in [1.29, 1.82) is 0 Å². The lowest BCUT2D eigenvalue weighted by Crippen LogP contribution is -1.81. The summed E-state index contributed by atoms with van der Waals surface area (Å²) in [7, 11) is 0. The van der Waals surface area contributed by atoms with Gasteiger partial charge in [0.25, 0.3) is 0 Å². The van der Waals surface area contributed by atoms with Crippen LogP contribution in [0.15, 0.2) is 41.3 Å². The Morgan fingerprint density at radius 1 is 1.07 bits per heavy atom. The topological polar surface area (TPSA) is 58.9 Å².